The third-order valence-electron chi connectivity index (χ3n) is 11.5. The summed E-state index contributed by atoms with van der Waals surface area (Å²) < 4.78 is 5.87. The lowest BCUT2D eigenvalue weighted by Crippen LogP contribution is -2.58. The Hall–Kier alpha value is -6.63. The number of ether oxygens (including phenoxy) is 1. The first-order valence-corrected chi connectivity index (χ1v) is 21.3. The number of nitrogens with one attached hydrogen (secondary N) is 2. The maximum Gasteiger partial charge on any atom is 0.321 e. The third kappa shape index (κ3) is 11.0. The van der Waals surface area contributed by atoms with E-state index in [2.05, 4.69) is 20.7 Å². The Morgan fingerprint density at radius 2 is 1.58 bits per heavy atom. The van der Waals surface area contributed by atoms with Crippen molar-refractivity contribution in [3.63, 3.8) is 0 Å². The summed E-state index contributed by atoms with van der Waals surface area (Å²) in [6.45, 7) is 7.14. The summed E-state index contributed by atoms with van der Waals surface area (Å²) in [4.78, 5) is 54.7. The van der Waals surface area contributed by atoms with Gasteiger partial charge in [-0.3, -0.25) is 25.0 Å². The average Bonchev–Trinajstić information content (AvgIpc) is 3.64. The van der Waals surface area contributed by atoms with Gasteiger partial charge in [0.25, 0.3) is 5.91 Å². The van der Waals surface area contributed by atoms with E-state index in [0.29, 0.717) is 38.2 Å². The SMILES string of the molecule is CCC(C)C(C(=O)N[C@@H](Cc1ccccc1)[C@@H](O)CN(Cc1ccc(-c2ccccn2)cc1)NC(=O)COc1ccccc1C)N1CCN(Cc2ccnc3ccccc23)C1=O. The molecule has 7 rings (SSSR count). The van der Waals surface area contributed by atoms with Crippen LogP contribution in [0, 0.1) is 12.8 Å². The molecule has 12 heteroatoms. The second-order valence-corrected chi connectivity index (χ2v) is 16.0. The Labute approximate surface area is 363 Å². The number of aromatic nitrogens is 2. The number of rotatable bonds is 19. The molecule has 0 bridgehead atoms. The van der Waals surface area contributed by atoms with E-state index < -0.39 is 24.1 Å². The second kappa shape index (κ2) is 20.8. The van der Waals surface area contributed by atoms with Crippen molar-refractivity contribution in [2.24, 2.45) is 5.92 Å². The fourth-order valence-corrected chi connectivity index (χ4v) is 7.96. The standard InChI is InChI=1S/C50H55N7O5/c1-4-35(2)48(57-29-28-55(50(57)61)32-40-25-27-52-43-19-10-9-17-41(40)43)49(60)53-44(30-37-15-6-5-7-16-37)45(58)33-56(54-47(59)34-62-46-20-11-8-14-36(46)3)31-38-21-23-39(24-22-38)42-18-12-13-26-51-42/h5-27,35,44-45,48,58H,4,28-34H2,1-3H3,(H,53,60)(H,54,59)/t35?,44-,45-,48?/m0/s1. The van der Waals surface area contributed by atoms with Gasteiger partial charge in [-0.15, -0.1) is 0 Å². The fourth-order valence-electron chi connectivity index (χ4n) is 7.96. The molecular weight excluding hydrogens is 779 g/mol. The predicted molar refractivity (Wildman–Crippen MR) is 240 cm³/mol. The van der Waals surface area contributed by atoms with Crippen LogP contribution in [0.25, 0.3) is 22.2 Å². The number of benzene rings is 4. The van der Waals surface area contributed by atoms with E-state index in [4.69, 9.17) is 4.74 Å². The van der Waals surface area contributed by atoms with Crippen LogP contribution in [0.4, 0.5) is 4.79 Å². The van der Waals surface area contributed by atoms with Gasteiger partial charge in [-0.1, -0.05) is 117 Å². The molecule has 0 radical (unpaired) electrons. The number of pyridine rings is 2. The minimum absolute atomic E-state index is 0.0276. The summed E-state index contributed by atoms with van der Waals surface area (Å²) in [6, 6.07) is 38.8. The Morgan fingerprint density at radius 1 is 0.839 bits per heavy atom. The Bertz CT molecular complexity index is 2410. The number of aryl methyl sites for hydroxylation is 1. The van der Waals surface area contributed by atoms with Gasteiger partial charge in [0.1, 0.15) is 11.8 Å². The van der Waals surface area contributed by atoms with Crippen LogP contribution in [0.15, 0.2) is 140 Å². The molecular formula is C50H55N7O5. The number of aliphatic hydroxyl groups excluding tert-OH is 1. The molecule has 0 spiro atoms. The van der Waals surface area contributed by atoms with Crippen molar-refractivity contribution in [1.82, 2.24) is 35.5 Å². The Morgan fingerprint density at radius 3 is 2.34 bits per heavy atom. The lowest BCUT2D eigenvalue weighted by atomic mass is 9.95. The van der Waals surface area contributed by atoms with Crippen molar-refractivity contribution in [3.8, 4) is 17.0 Å². The number of hydrogen-bond acceptors (Lipinski definition) is 8. The molecule has 0 aliphatic carbocycles. The van der Waals surface area contributed by atoms with Crippen LogP contribution >= 0.6 is 0 Å². The van der Waals surface area contributed by atoms with Crippen molar-refractivity contribution in [1.29, 1.82) is 0 Å². The highest BCUT2D eigenvalue weighted by atomic mass is 16.5. The zero-order valence-electron chi connectivity index (χ0n) is 35.6. The molecule has 4 aromatic carbocycles. The van der Waals surface area contributed by atoms with E-state index in [1.54, 1.807) is 27.2 Å². The number of carbonyl (C=O) groups excluding carboxylic acids is 3. The quantitative estimate of drug-likeness (QED) is 0.0745. The zero-order valence-corrected chi connectivity index (χ0v) is 35.6. The number of nitrogens with zero attached hydrogens (tertiary/aromatic N) is 5. The van der Waals surface area contributed by atoms with Gasteiger partial charge in [0.05, 0.1) is 23.4 Å². The molecule has 6 aromatic rings. The smallest absolute Gasteiger partial charge is 0.321 e. The maximum atomic E-state index is 14.6. The van der Waals surface area contributed by atoms with Crippen molar-refractivity contribution < 1.29 is 24.2 Å². The molecule has 4 amide bonds. The fraction of sp³-hybridized carbons (Fsp3) is 0.300. The first kappa shape index (κ1) is 43.5. The predicted octanol–water partition coefficient (Wildman–Crippen LogP) is 6.96. The van der Waals surface area contributed by atoms with E-state index in [0.717, 1.165) is 44.4 Å². The van der Waals surface area contributed by atoms with E-state index >= 15 is 0 Å². The summed E-state index contributed by atoms with van der Waals surface area (Å²) in [5.41, 5.74) is 9.31. The molecule has 1 fully saturated rings. The number of fused-ring (bicyclic) bond motifs is 1. The van der Waals surface area contributed by atoms with Gasteiger partial charge in [0.15, 0.2) is 6.61 Å². The van der Waals surface area contributed by atoms with Crippen molar-refractivity contribution in [2.45, 2.75) is 64.9 Å². The summed E-state index contributed by atoms with van der Waals surface area (Å²) in [6.07, 6.45) is 3.33. The molecule has 0 saturated carbocycles. The molecule has 12 nitrogen and oxygen atoms in total. The van der Waals surface area contributed by atoms with Gasteiger partial charge in [-0.2, -0.15) is 0 Å². The monoisotopic (exact) mass is 833 g/mol. The normalized spacial score (nSPS) is 14.7. The minimum atomic E-state index is -1.15. The van der Waals surface area contributed by atoms with Crippen LogP contribution in [-0.4, -0.2) is 92.2 Å². The van der Waals surface area contributed by atoms with Crippen LogP contribution in [0.1, 0.15) is 42.5 Å². The Balaban J connectivity index is 1.10. The molecule has 1 aliphatic rings. The van der Waals surface area contributed by atoms with Gasteiger partial charge < -0.3 is 25.0 Å². The van der Waals surface area contributed by atoms with Gasteiger partial charge in [-0.05, 0) is 71.8 Å². The molecule has 1 aliphatic heterocycles. The molecule has 320 valence electrons. The number of urea groups is 1. The van der Waals surface area contributed by atoms with E-state index in [-0.39, 0.29) is 37.6 Å². The van der Waals surface area contributed by atoms with E-state index in [1.807, 2.05) is 148 Å². The summed E-state index contributed by atoms with van der Waals surface area (Å²) in [7, 11) is 0. The molecule has 4 atom stereocenters. The van der Waals surface area contributed by atoms with Gasteiger partial charge in [0, 0.05) is 56.1 Å². The van der Waals surface area contributed by atoms with Crippen molar-refractivity contribution in [3.05, 3.63) is 162 Å². The average molecular weight is 834 g/mol. The highest BCUT2D eigenvalue weighted by molar-refractivity contribution is 5.89. The molecule has 1 saturated heterocycles. The van der Waals surface area contributed by atoms with Crippen LogP contribution in [0.3, 0.4) is 0 Å². The minimum Gasteiger partial charge on any atom is -0.483 e. The Kier molecular flexibility index (Phi) is 14.6. The number of carbonyl (C=O) groups is 3. The maximum absolute atomic E-state index is 14.6. The second-order valence-electron chi connectivity index (χ2n) is 16.0. The van der Waals surface area contributed by atoms with Gasteiger partial charge in [0.2, 0.25) is 5.91 Å². The molecule has 2 unspecified atom stereocenters. The summed E-state index contributed by atoms with van der Waals surface area (Å²) in [5, 5.41) is 18.0. The molecule has 62 heavy (non-hydrogen) atoms. The largest absolute Gasteiger partial charge is 0.483 e. The van der Waals surface area contributed by atoms with Crippen LogP contribution in [-0.2, 0) is 29.1 Å². The lowest BCUT2D eigenvalue weighted by molar-refractivity contribution is -0.131. The number of para-hydroxylation sites is 2. The summed E-state index contributed by atoms with van der Waals surface area (Å²) >= 11 is 0. The van der Waals surface area contributed by atoms with Gasteiger partial charge in [-0.25, -0.2) is 9.80 Å². The van der Waals surface area contributed by atoms with E-state index in [9.17, 15) is 19.5 Å². The number of amides is 4. The molecule has 3 N–H and O–H groups in total. The topological polar surface area (TPSA) is 140 Å². The summed E-state index contributed by atoms with van der Waals surface area (Å²) in [5.74, 6) is -0.307. The molecule has 3 heterocycles. The van der Waals surface area contributed by atoms with E-state index in [1.165, 1.54) is 0 Å². The highest BCUT2D eigenvalue weighted by Crippen LogP contribution is 2.26. The first-order chi connectivity index (χ1) is 30.2. The van der Waals surface area contributed by atoms with Crippen LogP contribution in [0.2, 0.25) is 0 Å². The number of hydrazine groups is 1. The zero-order chi connectivity index (χ0) is 43.4. The number of hydrogen-bond donors (Lipinski definition) is 3. The van der Waals surface area contributed by atoms with Gasteiger partial charge >= 0.3 is 6.03 Å². The number of aliphatic hydroxyl groups is 1. The third-order valence-corrected chi connectivity index (χ3v) is 11.5. The van der Waals surface area contributed by atoms with Crippen LogP contribution in [0.5, 0.6) is 5.75 Å². The lowest BCUT2D eigenvalue weighted by Gasteiger charge is -2.35. The molecule has 2 aromatic heterocycles. The first-order valence-electron chi connectivity index (χ1n) is 21.3. The van der Waals surface area contributed by atoms with Crippen LogP contribution < -0.4 is 15.5 Å². The van der Waals surface area contributed by atoms with Crippen molar-refractivity contribution in [2.75, 3.05) is 26.2 Å². The van der Waals surface area contributed by atoms with Crippen molar-refractivity contribution >= 4 is 28.7 Å². The highest BCUT2D eigenvalue weighted by Gasteiger charge is 2.41.